The van der Waals surface area contributed by atoms with E-state index in [9.17, 15) is 4.79 Å². The summed E-state index contributed by atoms with van der Waals surface area (Å²) in [5, 5.41) is 17.0. The number of likely N-dealkylation sites (tertiary alicyclic amines) is 1. The lowest BCUT2D eigenvalue weighted by atomic mass is 9.99. The molecule has 1 amide bonds. The van der Waals surface area contributed by atoms with Gasteiger partial charge in [-0.05, 0) is 38.0 Å². The second-order valence-electron chi connectivity index (χ2n) is 5.42. The quantitative estimate of drug-likeness (QED) is 0.340. The summed E-state index contributed by atoms with van der Waals surface area (Å²) in [5.41, 5.74) is 5.82. The van der Waals surface area contributed by atoms with E-state index in [4.69, 9.17) is 5.73 Å². The third-order valence-electron chi connectivity index (χ3n) is 3.69. The first kappa shape index (κ1) is 21.6. The summed E-state index contributed by atoms with van der Waals surface area (Å²) in [6.07, 6.45) is 9.95. The maximum absolute atomic E-state index is 10.6. The summed E-state index contributed by atoms with van der Waals surface area (Å²) in [6, 6.07) is 0. The zero-order valence-electron chi connectivity index (χ0n) is 15.4. The van der Waals surface area contributed by atoms with Crippen LogP contribution in [0, 0.1) is 5.92 Å². The first-order chi connectivity index (χ1) is 12.6. The Balaban J connectivity index is 0.000000401. The normalized spacial score (nSPS) is 16.3. The van der Waals surface area contributed by atoms with Crippen LogP contribution in [-0.2, 0) is 11.3 Å². The van der Waals surface area contributed by atoms with E-state index in [-0.39, 0.29) is 0 Å². The molecule has 2 N–H and O–H groups in total. The van der Waals surface area contributed by atoms with Crippen LogP contribution in [0.1, 0.15) is 26.7 Å². The average Bonchev–Trinajstić information content (AvgIpc) is 3.21. The Hall–Kier alpha value is -2.42. The van der Waals surface area contributed by atoms with E-state index in [1.807, 2.05) is 32.3 Å². The predicted molar refractivity (Wildman–Crippen MR) is 108 cm³/mol. The van der Waals surface area contributed by atoms with Crippen LogP contribution >= 0.6 is 11.8 Å². The van der Waals surface area contributed by atoms with Gasteiger partial charge in [0.25, 0.3) is 0 Å². The highest BCUT2D eigenvalue weighted by Gasteiger charge is 2.15. The van der Waals surface area contributed by atoms with Gasteiger partial charge in [-0.25, -0.2) is 0 Å². The molecule has 9 heteroatoms. The van der Waals surface area contributed by atoms with Crippen LogP contribution in [0.25, 0.3) is 0 Å². The molecular weight excluding hydrogens is 350 g/mol. The van der Waals surface area contributed by atoms with Gasteiger partial charge >= 0.3 is 0 Å². The zero-order chi connectivity index (χ0) is 19.2. The third-order valence-corrected chi connectivity index (χ3v) is 4.55. The fraction of sp³-hybridized carbons (Fsp3) is 0.471. The molecule has 1 fully saturated rings. The van der Waals surface area contributed by atoms with E-state index in [2.05, 4.69) is 27.1 Å². The molecule has 0 unspecified atom stereocenters. The fourth-order valence-electron chi connectivity index (χ4n) is 2.18. The average molecular weight is 378 g/mol. The van der Waals surface area contributed by atoms with Crippen LogP contribution in [0.5, 0.6) is 0 Å². The molecule has 1 aliphatic heterocycles. The number of hydrogen-bond donors (Lipinski definition) is 1. The molecule has 1 aliphatic rings. The maximum atomic E-state index is 10.6. The van der Waals surface area contributed by atoms with Crippen LogP contribution in [0.2, 0.25) is 0 Å². The van der Waals surface area contributed by atoms with Crippen molar-refractivity contribution in [3.8, 4) is 0 Å². The van der Waals surface area contributed by atoms with Crippen molar-refractivity contribution in [2.75, 3.05) is 13.1 Å². The molecule has 0 bridgehead atoms. The van der Waals surface area contributed by atoms with Crippen LogP contribution in [0.3, 0.4) is 0 Å². The molecule has 0 spiro atoms. The smallest absolute Gasteiger partial charge is 0.209 e. The van der Waals surface area contributed by atoms with Gasteiger partial charge in [-0.15, -0.1) is 10.2 Å². The lowest BCUT2D eigenvalue weighted by Gasteiger charge is -2.26. The van der Waals surface area contributed by atoms with Crippen molar-refractivity contribution >= 4 is 30.2 Å². The van der Waals surface area contributed by atoms with Crippen molar-refractivity contribution in [2.45, 2.75) is 33.2 Å². The van der Waals surface area contributed by atoms with Gasteiger partial charge < -0.3 is 10.6 Å². The molecule has 0 aromatic carbocycles. The number of amides is 1. The molecule has 0 aliphatic carbocycles. The van der Waals surface area contributed by atoms with E-state index in [1.54, 1.807) is 21.2 Å². The summed E-state index contributed by atoms with van der Waals surface area (Å²) < 4.78 is 1.76. The van der Waals surface area contributed by atoms with Crippen LogP contribution < -0.4 is 5.73 Å². The van der Waals surface area contributed by atoms with Crippen molar-refractivity contribution in [3.05, 3.63) is 35.4 Å². The second kappa shape index (κ2) is 12.9. The molecule has 0 atom stereocenters. The van der Waals surface area contributed by atoms with Crippen LogP contribution in [0.15, 0.2) is 45.6 Å². The summed E-state index contributed by atoms with van der Waals surface area (Å²) in [7, 11) is 0. The van der Waals surface area contributed by atoms with Gasteiger partial charge in [-0.2, -0.15) is 5.10 Å². The number of carbonyl (C=O) groups excluding carboxylic acids is 1. The molecular formula is C17H27N7OS. The molecule has 142 valence electrons. The van der Waals surface area contributed by atoms with Crippen molar-refractivity contribution in [2.24, 2.45) is 21.9 Å². The highest BCUT2D eigenvalue weighted by atomic mass is 32.2. The highest BCUT2D eigenvalue weighted by molar-refractivity contribution is 8.06. The Morgan fingerprint density at radius 2 is 2.19 bits per heavy atom. The number of piperidine rings is 1. The van der Waals surface area contributed by atoms with Crippen molar-refractivity contribution < 1.29 is 4.79 Å². The van der Waals surface area contributed by atoms with Gasteiger partial charge in [0, 0.05) is 32.0 Å². The third kappa shape index (κ3) is 8.11. The Morgan fingerprint density at radius 3 is 2.65 bits per heavy atom. The van der Waals surface area contributed by atoms with Gasteiger partial charge in [0.2, 0.25) is 6.41 Å². The molecule has 8 nitrogen and oxygen atoms in total. The standard InChI is InChI=1S/C13H20N4OS.C4H7N3/c1-3-12(19-4-2)13(14)16-15-9-11-5-7-17(10-18)8-6-11;1-2-7-4-3-5-6-7/h3-4,9-11H,2,5-8H2,1H3,(H2,14,16);3-4H,2H2,1H3/b12-3-,15-9+;. The Bertz CT molecular complexity index is 617. The number of carbonyl (C=O) groups is 1. The maximum Gasteiger partial charge on any atom is 0.209 e. The van der Waals surface area contributed by atoms with Gasteiger partial charge in [0.05, 0.1) is 11.1 Å². The molecule has 0 radical (unpaired) electrons. The van der Waals surface area contributed by atoms with E-state index in [0.29, 0.717) is 11.8 Å². The minimum Gasteiger partial charge on any atom is -0.381 e. The van der Waals surface area contributed by atoms with Crippen LogP contribution in [0.4, 0.5) is 0 Å². The largest absolute Gasteiger partial charge is 0.381 e. The molecule has 1 saturated heterocycles. The Morgan fingerprint density at radius 1 is 1.46 bits per heavy atom. The summed E-state index contributed by atoms with van der Waals surface area (Å²) in [6.45, 7) is 10.0. The lowest BCUT2D eigenvalue weighted by molar-refractivity contribution is -0.119. The zero-order valence-corrected chi connectivity index (χ0v) is 16.2. The number of hydrogen-bond acceptors (Lipinski definition) is 6. The Kier molecular flexibility index (Phi) is 10.7. The lowest BCUT2D eigenvalue weighted by Crippen LogP contribution is -2.32. The monoisotopic (exact) mass is 377 g/mol. The molecule has 0 saturated carbocycles. The predicted octanol–water partition coefficient (Wildman–Crippen LogP) is 2.28. The van der Waals surface area contributed by atoms with Crippen molar-refractivity contribution in [3.63, 3.8) is 0 Å². The molecule has 1 aromatic heterocycles. The summed E-state index contributed by atoms with van der Waals surface area (Å²) >= 11 is 1.42. The summed E-state index contributed by atoms with van der Waals surface area (Å²) in [5.74, 6) is 0.767. The van der Waals surface area contributed by atoms with Gasteiger partial charge in [-0.3, -0.25) is 9.48 Å². The first-order valence-electron chi connectivity index (χ1n) is 8.48. The summed E-state index contributed by atoms with van der Waals surface area (Å²) in [4.78, 5) is 13.2. The number of thioether (sulfide) groups is 1. The molecule has 26 heavy (non-hydrogen) atoms. The first-order valence-corrected chi connectivity index (χ1v) is 9.36. The topological polar surface area (TPSA) is 102 Å². The van der Waals surface area contributed by atoms with Gasteiger partial charge in [-0.1, -0.05) is 29.6 Å². The van der Waals surface area contributed by atoms with Gasteiger partial charge in [0.15, 0.2) is 5.84 Å². The van der Waals surface area contributed by atoms with E-state index in [1.165, 1.54) is 11.8 Å². The number of rotatable bonds is 7. The number of nitrogens with two attached hydrogens (primary N) is 1. The SMILES string of the molecule is C=CSC(=C\C)/C(N)=N/N=C/C1CCN(C=O)CC1.CCn1ccnn1. The highest BCUT2D eigenvalue weighted by Crippen LogP contribution is 2.16. The van der Waals surface area contributed by atoms with Crippen molar-refractivity contribution in [1.82, 2.24) is 19.9 Å². The van der Waals surface area contributed by atoms with Gasteiger partial charge in [0.1, 0.15) is 0 Å². The number of nitrogens with zero attached hydrogens (tertiary/aromatic N) is 6. The van der Waals surface area contributed by atoms with E-state index < -0.39 is 0 Å². The molecule has 1 aromatic rings. The minimum atomic E-state index is 0.369. The number of allylic oxidation sites excluding steroid dienone is 1. The second-order valence-corrected chi connectivity index (χ2v) is 6.43. The number of aryl methyl sites for hydroxylation is 1. The molecule has 2 heterocycles. The van der Waals surface area contributed by atoms with E-state index >= 15 is 0 Å². The number of amidine groups is 1. The van der Waals surface area contributed by atoms with E-state index in [0.717, 1.165) is 43.8 Å². The fourth-order valence-corrected chi connectivity index (χ4v) is 2.66. The van der Waals surface area contributed by atoms with Crippen LogP contribution in [-0.4, -0.2) is 51.4 Å². The number of aromatic nitrogens is 3. The minimum absolute atomic E-state index is 0.369. The van der Waals surface area contributed by atoms with Crippen molar-refractivity contribution in [1.29, 1.82) is 0 Å². The molecule has 2 rings (SSSR count). The Labute approximate surface area is 158 Å².